The van der Waals surface area contributed by atoms with Gasteiger partial charge in [0.15, 0.2) is 16.8 Å². The molecule has 1 N–H and O–H groups in total. The maximum Gasteiger partial charge on any atom is 0.259 e. The maximum absolute atomic E-state index is 13.3. The minimum Gasteiger partial charge on any atom is -0.478 e. The van der Waals surface area contributed by atoms with E-state index in [0.717, 1.165) is 17.0 Å². The molecular weight excluding hydrogens is 360 g/mol. The van der Waals surface area contributed by atoms with Crippen molar-refractivity contribution in [2.45, 2.75) is 13.3 Å². The summed E-state index contributed by atoms with van der Waals surface area (Å²) in [5.74, 6) is -1.65. The Morgan fingerprint density at radius 3 is 2.69 bits per heavy atom. The summed E-state index contributed by atoms with van der Waals surface area (Å²) in [7, 11) is 0. The van der Waals surface area contributed by atoms with E-state index in [4.69, 9.17) is 4.74 Å². The predicted molar refractivity (Wildman–Crippen MR) is 94.6 cm³/mol. The Morgan fingerprint density at radius 2 is 2.00 bits per heavy atom. The number of amides is 1. The monoisotopic (exact) mass is 375 g/mol. The second kappa shape index (κ2) is 8.01. The zero-order valence-corrected chi connectivity index (χ0v) is 14.6. The standard InChI is InChI=1S/C18H15F2N3O2S/c1-2-25-16-6-4-12(9-21-16)17(24)23-18-22-10-13(26-18)7-11-3-5-14(19)15(20)8-11/h3-6,8-10H,2,7H2,1H3,(H,22,23,24). The molecule has 0 saturated heterocycles. The fraction of sp³-hybridized carbons (Fsp3) is 0.167. The number of carbonyl (C=O) groups is 1. The number of benzene rings is 1. The number of ether oxygens (including phenoxy) is 1. The van der Waals surface area contributed by atoms with Gasteiger partial charge in [0.1, 0.15) is 0 Å². The molecule has 134 valence electrons. The average Bonchev–Trinajstić information content (AvgIpc) is 3.06. The van der Waals surface area contributed by atoms with Crippen LogP contribution in [0.3, 0.4) is 0 Å². The summed E-state index contributed by atoms with van der Waals surface area (Å²) in [6.45, 7) is 2.35. The summed E-state index contributed by atoms with van der Waals surface area (Å²) < 4.78 is 31.5. The molecule has 0 saturated carbocycles. The number of hydrogen-bond donors (Lipinski definition) is 1. The van der Waals surface area contributed by atoms with E-state index in [1.54, 1.807) is 18.3 Å². The van der Waals surface area contributed by atoms with E-state index in [0.29, 0.717) is 35.2 Å². The number of anilines is 1. The van der Waals surface area contributed by atoms with Crippen molar-refractivity contribution in [3.05, 3.63) is 70.4 Å². The Labute approximate surface area is 152 Å². The Morgan fingerprint density at radius 1 is 1.15 bits per heavy atom. The average molecular weight is 375 g/mol. The lowest BCUT2D eigenvalue weighted by Crippen LogP contribution is -2.12. The number of carbonyl (C=O) groups excluding carboxylic acids is 1. The largest absolute Gasteiger partial charge is 0.478 e. The van der Waals surface area contributed by atoms with E-state index in [1.165, 1.54) is 23.6 Å². The van der Waals surface area contributed by atoms with Crippen molar-refractivity contribution >= 4 is 22.4 Å². The summed E-state index contributed by atoms with van der Waals surface area (Å²) in [6.07, 6.45) is 3.42. The minimum absolute atomic E-state index is 0.339. The van der Waals surface area contributed by atoms with Crippen LogP contribution in [0.25, 0.3) is 0 Å². The Kier molecular flexibility index (Phi) is 5.52. The van der Waals surface area contributed by atoms with Gasteiger partial charge in [0.05, 0.1) is 12.2 Å². The van der Waals surface area contributed by atoms with E-state index in [1.807, 2.05) is 6.92 Å². The number of nitrogens with one attached hydrogen (secondary N) is 1. The number of thiazole rings is 1. The normalized spacial score (nSPS) is 10.6. The van der Waals surface area contributed by atoms with Crippen molar-refractivity contribution in [1.29, 1.82) is 0 Å². The molecule has 1 amide bonds. The minimum atomic E-state index is -0.886. The van der Waals surface area contributed by atoms with Crippen LogP contribution in [0.2, 0.25) is 0 Å². The van der Waals surface area contributed by atoms with Crippen molar-refractivity contribution in [3.63, 3.8) is 0 Å². The molecule has 0 aliphatic rings. The molecule has 0 atom stereocenters. The molecule has 2 heterocycles. The third-order valence-electron chi connectivity index (χ3n) is 3.43. The van der Waals surface area contributed by atoms with E-state index in [9.17, 15) is 13.6 Å². The topological polar surface area (TPSA) is 64.1 Å². The second-order valence-corrected chi connectivity index (χ2v) is 6.44. The summed E-state index contributed by atoms with van der Waals surface area (Å²) in [6, 6.07) is 6.99. The molecule has 3 aromatic rings. The fourth-order valence-electron chi connectivity index (χ4n) is 2.21. The Balaban J connectivity index is 1.64. The number of pyridine rings is 1. The maximum atomic E-state index is 13.3. The molecule has 0 bridgehead atoms. The van der Waals surface area contributed by atoms with Gasteiger partial charge in [-0.15, -0.1) is 11.3 Å². The fourth-order valence-corrected chi connectivity index (χ4v) is 3.06. The first-order valence-electron chi connectivity index (χ1n) is 7.84. The number of halogens is 2. The molecule has 0 radical (unpaired) electrons. The quantitative estimate of drug-likeness (QED) is 0.706. The van der Waals surface area contributed by atoms with Crippen LogP contribution in [0.4, 0.5) is 13.9 Å². The van der Waals surface area contributed by atoms with Gasteiger partial charge < -0.3 is 4.74 Å². The smallest absolute Gasteiger partial charge is 0.259 e. The van der Waals surface area contributed by atoms with Crippen LogP contribution in [0.15, 0.2) is 42.7 Å². The highest BCUT2D eigenvalue weighted by Crippen LogP contribution is 2.22. The van der Waals surface area contributed by atoms with E-state index < -0.39 is 11.6 Å². The second-order valence-electron chi connectivity index (χ2n) is 5.33. The van der Waals surface area contributed by atoms with Crippen LogP contribution in [0.5, 0.6) is 5.88 Å². The first kappa shape index (κ1) is 17.9. The van der Waals surface area contributed by atoms with Gasteiger partial charge in [-0.25, -0.2) is 18.7 Å². The summed E-state index contributed by atoms with van der Waals surface area (Å²) in [5.41, 5.74) is 1.01. The summed E-state index contributed by atoms with van der Waals surface area (Å²) in [4.78, 5) is 21.2. The van der Waals surface area contributed by atoms with E-state index in [2.05, 4.69) is 15.3 Å². The lowest BCUT2D eigenvalue weighted by atomic mass is 10.1. The van der Waals surface area contributed by atoms with Crippen LogP contribution in [0.1, 0.15) is 27.7 Å². The third kappa shape index (κ3) is 4.40. The van der Waals surface area contributed by atoms with Gasteiger partial charge >= 0.3 is 0 Å². The highest BCUT2D eigenvalue weighted by atomic mass is 32.1. The van der Waals surface area contributed by atoms with Crippen LogP contribution < -0.4 is 10.1 Å². The van der Waals surface area contributed by atoms with Crippen molar-refractivity contribution < 1.29 is 18.3 Å². The molecule has 0 fully saturated rings. The Bertz CT molecular complexity index is 913. The molecular formula is C18H15F2N3O2S. The van der Waals surface area contributed by atoms with Crippen molar-refractivity contribution in [3.8, 4) is 5.88 Å². The number of aromatic nitrogens is 2. The van der Waals surface area contributed by atoms with E-state index >= 15 is 0 Å². The Hall–Kier alpha value is -2.87. The molecule has 0 aliphatic heterocycles. The van der Waals surface area contributed by atoms with E-state index in [-0.39, 0.29) is 5.91 Å². The highest BCUT2D eigenvalue weighted by molar-refractivity contribution is 7.15. The van der Waals surface area contributed by atoms with Crippen molar-refractivity contribution in [2.75, 3.05) is 11.9 Å². The molecule has 2 aromatic heterocycles. The highest BCUT2D eigenvalue weighted by Gasteiger charge is 2.11. The zero-order chi connectivity index (χ0) is 18.5. The number of rotatable bonds is 6. The molecule has 0 aliphatic carbocycles. The molecule has 3 rings (SSSR count). The molecule has 0 unspecified atom stereocenters. The molecule has 1 aromatic carbocycles. The van der Waals surface area contributed by atoms with Crippen LogP contribution in [-0.2, 0) is 6.42 Å². The SMILES string of the molecule is CCOc1ccc(C(=O)Nc2ncc(Cc3ccc(F)c(F)c3)s2)cn1. The van der Waals surface area contributed by atoms with Crippen LogP contribution >= 0.6 is 11.3 Å². The summed E-state index contributed by atoms with van der Waals surface area (Å²) in [5, 5.41) is 3.11. The number of hydrogen-bond acceptors (Lipinski definition) is 5. The molecule has 0 spiro atoms. The van der Waals surface area contributed by atoms with Gasteiger partial charge in [-0.2, -0.15) is 0 Å². The number of nitrogens with zero attached hydrogens (tertiary/aromatic N) is 2. The third-order valence-corrected chi connectivity index (χ3v) is 4.34. The molecule has 8 heteroatoms. The predicted octanol–water partition coefficient (Wildman–Crippen LogP) is 4.06. The first-order valence-corrected chi connectivity index (χ1v) is 8.65. The van der Waals surface area contributed by atoms with Crippen LogP contribution in [-0.4, -0.2) is 22.5 Å². The summed E-state index contributed by atoms with van der Waals surface area (Å²) >= 11 is 1.27. The van der Waals surface area contributed by atoms with Gasteiger partial charge in [-0.3, -0.25) is 10.1 Å². The lowest BCUT2D eigenvalue weighted by molar-refractivity contribution is 0.102. The van der Waals surface area contributed by atoms with Gasteiger partial charge in [0.25, 0.3) is 5.91 Å². The lowest BCUT2D eigenvalue weighted by Gasteiger charge is -2.04. The van der Waals surface area contributed by atoms with Crippen molar-refractivity contribution in [2.24, 2.45) is 0 Å². The van der Waals surface area contributed by atoms with Gasteiger partial charge in [-0.1, -0.05) is 6.07 Å². The van der Waals surface area contributed by atoms with Gasteiger partial charge in [0.2, 0.25) is 5.88 Å². The molecule has 5 nitrogen and oxygen atoms in total. The van der Waals surface area contributed by atoms with Crippen LogP contribution in [0, 0.1) is 11.6 Å². The first-order chi connectivity index (χ1) is 12.5. The van der Waals surface area contributed by atoms with Gasteiger partial charge in [0, 0.05) is 29.8 Å². The zero-order valence-electron chi connectivity index (χ0n) is 13.8. The van der Waals surface area contributed by atoms with Gasteiger partial charge in [-0.05, 0) is 30.7 Å². The van der Waals surface area contributed by atoms with Crippen molar-refractivity contribution in [1.82, 2.24) is 9.97 Å². The molecule has 26 heavy (non-hydrogen) atoms.